The fraction of sp³-hybridized carbons (Fsp3) is 0.429. The molecule has 1 aromatic rings. The van der Waals surface area contributed by atoms with Gasteiger partial charge in [-0.15, -0.1) is 0 Å². The Morgan fingerprint density at radius 3 is 2.59 bits per heavy atom. The Bertz CT molecular complexity index is 464. The molecule has 1 aromatic carbocycles. The predicted octanol–water partition coefficient (Wildman–Crippen LogP) is 2.43. The van der Waals surface area contributed by atoms with E-state index in [4.69, 9.17) is 5.26 Å². The minimum absolute atomic E-state index is 0.0850. The molecule has 0 radical (unpaired) electrons. The molecule has 0 saturated carbocycles. The van der Waals surface area contributed by atoms with Gasteiger partial charge in [0, 0.05) is 6.54 Å². The van der Waals surface area contributed by atoms with Crippen LogP contribution in [0.2, 0.25) is 0 Å². The van der Waals surface area contributed by atoms with Crippen LogP contribution >= 0.6 is 0 Å². The van der Waals surface area contributed by atoms with Crippen molar-refractivity contribution in [2.75, 3.05) is 0 Å². The van der Waals surface area contributed by atoms with Gasteiger partial charge >= 0.3 is 5.91 Å². The summed E-state index contributed by atoms with van der Waals surface area (Å²) in [5, 5.41) is 11.0. The van der Waals surface area contributed by atoms with Crippen molar-refractivity contribution < 1.29 is 4.79 Å². The molecule has 0 spiro atoms. The van der Waals surface area contributed by atoms with Crippen molar-refractivity contribution in [2.24, 2.45) is 0 Å². The molecule has 3 nitrogen and oxygen atoms in total. The molecule has 0 bridgehead atoms. The highest BCUT2D eigenvalue weighted by Crippen LogP contribution is 2.24. The van der Waals surface area contributed by atoms with Crippen LogP contribution in [0.4, 0.5) is 0 Å². The maximum atomic E-state index is 10.9. The number of carbonyl (C=O) groups excluding carboxylic acids is 1. The lowest BCUT2D eigenvalue weighted by atomic mass is 9.85. The van der Waals surface area contributed by atoms with Crippen LogP contribution in [0.1, 0.15) is 37.5 Å². The van der Waals surface area contributed by atoms with E-state index in [0.29, 0.717) is 6.54 Å². The second-order valence-electron chi connectivity index (χ2n) is 5.19. The third-order valence-electron chi connectivity index (χ3n) is 2.76. The smallest absolute Gasteiger partial charge is 0.322 e. The van der Waals surface area contributed by atoms with Gasteiger partial charge in [0.1, 0.15) is 0 Å². The summed E-state index contributed by atoms with van der Waals surface area (Å²) in [6.45, 7) is 8.85. The molecule has 0 aliphatic carbocycles. The molecule has 3 heteroatoms. The molecule has 0 aliphatic heterocycles. The number of hydrogen-bond acceptors (Lipinski definition) is 2. The van der Waals surface area contributed by atoms with Crippen LogP contribution in [0.3, 0.4) is 0 Å². The van der Waals surface area contributed by atoms with Gasteiger partial charge in [-0.25, -0.2) is 0 Å². The number of nitriles is 1. The number of aryl methyl sites for hydroxylation is 1. The van der Waals surface area contributed by atoms with E-state index in [1.54, 1.807) is 6.07 Å². The number of benzene rings is 1. The van der Waals surface area contributed by atoms with Crippen molar-refractivity contribution in [3.63, 3.8) is 0 Å². The highest BCUT2D eigenvalue weighted by Gasteiger charge is 2.14. The molecule has 0 fully saturated rings. The fourth-order valence-electron chi connectivity index (χ4n) is 1.54. The van der Waals surface area contributed by atoms with E-state index in [-0.39, 0.29) is 5.41 Å². The summed E-state index contributed by atoms with van der Waals surface area (Å²) >= 11 is 0. The summed E-state index contributed by atoms with van der Waals surface area (Å²) in [4.78, 5) is 10.9. The Balaban J connectivity index is 2.92. The summed E-state index contributed by atoms with van der Waals surface area (Å²) < 4.78 is 0. The Hall–Kier alpha value is -1.82. The zero-order valence-electron chi connectivity index (χ0n) is 10.8. The molecule has 0 unspecified atom stereocenters. The molecule has 0 heterocycles. The van der Waals surface area contributed by atoms with Gasteiger partial charge in [-0.1, -0.05) is 39.0 Å². The van der Waals surface area contributed by atoms with Gasteiger partial charge < -0.3 is 5.32 Å². The molecule has 0 saturated heterocycles. The Morgan fingerprint density at radius 1 is 1.41 bits per heavy atom. The first-order chi connectivity index (χ1) is 7.84. The summed E-state index contributed by atoms with van der Waals surface area (Å²) in [5.74, 6) is -0.592. The molecule has 0 aromatic heterocycles. The first-order valence-electron chi connectivity index (χ1n) is 5.62. The number of amides is 1. The van der Waals surface area contributed by atoms with E-state index >= 15 is 0 Å². The lowest BCUT2D eigenvalue weighted by Crippen LogP contribution is -2.21. The van der Waals surface area contributed by atoms with E-state index in [1.807, 2.05) is 6.92 Å². The van der Waals surface area contributed by atoms with E-state index in [2.05, 4.69) is 44.3 Å². The van der Waals surface area contributed by atoms with Gasteiger partial charge in [0.25, 0.3) is 0 Å². The lowest BCUT2D eigenvalue weighted by molar-refractivity contribution is -0.116. The molecular formula is C14H18N2O. The average molecular weight is 230 g/mol. The van der Waals surface area contributed by atoms with Crippen molar-refractivity contribution >= 4 is 5.91 Å². The zero-order chi connectivity index (χ0) is 13.1. The van der Waals surface area contributed by atoms with Gasteiger partial charge in [-0.05, 0) is 29.0 Å². The monoisotopic (exact) mass is 230 g/mol. The molecule has 1 N–H and O–H groups in total. The normalized spacial score (nSPS) is 10.8. The molecule has 1 amide bonds. The highest BCUT2D eigenvalue weighted by molar-refractivity contribution is 5.91. The SMILES string of the molecule is Cc1ccc(C(C)(C)C)cc1CNC(=O)C#N. The Kier molecular flexibility index (Phi) is 3.90. The van der Waals surface area contributed by atoms with Crippen molar-refractivity contribution in [3.05, 3.63) is 34.9 Å². The number of nitrogens with one attached hydrogen (secondary N) is 1. The van der Waals surface area contributed by atoms with Crippen LogP contribution in [0, 0.1) is 18.3 Å². The Labute approximate surface area is 102 Å². The van der Waals surface area contributed by atoms with Crippen molar-refractivity contribution in [3.8, 4) is 6.07 Å². The van der Waals surface area contributed by atoms with E-state index < -0.39 is 5.91 Å². The third-order valence-corrected chi connectivity index (χ3v) is 2.76. The van der Waals surface area contributed by atoms with E-state index in [0.717, 1.165) is 11.1 Å². The molecule has 90 valence electrons. The number of rotatable bonds is 2. The standard InChI is InChI=1S/C14H18N2O/c1-10-5-6-12(14(2,3)4)7-11(10)9-16-13(17)8-15/h5-7H,9H2,1-4H3,(H,16,17). The quantitative estimate of drug-likeness (QED) is 0.793. The second kappa shape index (κ2) is 5.01. The Morgan fingerprint density at radius 2 is 2.06 bits per heavy atom. The van der Waals surface area contributed by atoms with Gasteiger partial charge in [0.15, 0.2) is 6.07 Å². The minimum atomic E-state index is -0.592. The van der Waals surface area contributed by atoms with E-state index in [9.17, 15) is 4.79 Å². The molecular weight excluding hydrogens is 212 g/mol. The summed E-state index contributed by atoms with van der Waals surface area (Å²) in [5.41, 5.74) is 3.49. The van der Waals surface area contributed by atoms with Crippen molar-refractivity contribution in [2.45, 2.75) is 39.7 Å². The van der Waals surface area contributed by atoms with Gasteiger partial charge in [-0.3, -0.25) is 4.79 Å². The maximum Gasteiger partial charge on any atom is 0.322 e. The molecule has 0 aliphatic rings. The summed E-state index contributed by atoms with van der Waals surface area (Å²) in [7, 11) is 0. The maximum absolute atomic E-state index is 10.9. The molecule has 17 heavy (non-hydrogen) atoms. The topological polar surface area (TPSA) is 52.9 Å². The number of nitrogens with zero attached hydrogens (tertiary/aromatic N) is 1. The summed E-state index contributed by atoms with van der Waals surface area (Å²) in [6, 6.07) is 7.79. The third kappa shape index (κ3) is 3.60. The minimum Gasteiger partial charge on any atom is -0.339 e. The second-order valence-corrected chi connectivity index (χ2v) is 5.19. The largest absolute Gasteiger partial charge is 0.339 e. The first-order valence-corrected chi connectivity index (χ1v) is 5.62. The van der Waals surface area contributed by atoms with Crippen LogP contribution < -0.4 is 5.32 Å². The van der Waals surface area contributed by atoms with Crippen LogP contribution in [0.5, 0.6) is 0 Å². The van der Waals surface area contributed by atoms with Gasteiger partial charge in [-0.2, -0.15) is 5.26 Å². The lowest BCUT2D eigenvalue weighted by Gasteiger charge is -2.20. The molecule has 0 atom stereocenters. The van der Waals surface area contributed by atoms with E-state index in [1.165, 1.54) is 5.56 Å². The predicted molar refractivity (Wildman–Crippen MR) is 67.3 cm³/mol. The van der Waals surface area contributed by atoms with Crippen LogP contribution in [-0.2, 0) is 16.8 Å². The van der Waals surface area contributed by atoms with Crippen LogP contribution in [0.15, 0.2) is 18.2 Å². The van der Waals surface area contributed by atoms with Crippen LogP contribution in [-0.4, -0.2) is 5.91 Å². The fourth-order valence-corrected chi connectivity index (χ4v) is 1.54. The van der Waals surface area contributed by atoms with Gasteiger partial charge in [0.05, 0.1) is 0 Å². The van der Waals surface area contributed by atoms with Crippen molar-refractivity contribution in [1.82, 2.24) is 5.32 Å². The number of hydrogen-bond donors (Lipinski definition) is 1. The van der Waals surface area contributed by atoms with Crippen LogP contribution in [0.25, 0.3) is 0 Å². The summed E-state index contributed by atoms with van der Waals surface area (Å²) in [6.07, 6.45) is 0. The van der Waals surface area contributed by atoms with Crippen molar-refractivity contribution in [1.29, 1.82) is 5.26 Å². The van der Waals surface area contributed by atoms with Gasteiger partial charge in [0.2, 0.25) is 0 Å². The molecule has 1 rings (SSSR count). The highest BCUT2D eigenvalue weighted by atomic mass is 16.1. The zero-order valence-corrected chi connectivity index (χ0v) is 10.8. The first kappa shape index (κ1) is 13.2. The average Bonchev–Trinajstić information content (AvgIpc) is 2.26. The number of carbonyl (C=O) groups is 1.